The highest BCUT2D eigenvalue weighted by Gasteiger charge is 2.17. The molecule has 15 heavy (non-hydrogen) atoms. The lowest BCUT2D eigenvalue weighted by Crippen LogP contribution is -2.12. The summed E-state index contributed by atoms with van der Waals surface area (Å²) in [7, 11) is 0. The van der Waals surface area contributed by atoms with E-state index < -0.39 is 6.10 Å². The first-order valence-electron chi connectivity index (χ1n) is 5.55. The molecule has 0 bridgehead atoms. The summed E-state index contributed by atoms with van der Waals surface area (Å²) in [5.74, 6) is 0.319. The Bertz CT molecular complexity index is 307. The van der Waals surface area contributed by atoms with Crippen molar-refractivity contribution < 1.29 is 5.11 Å². The van der Waals surface area contributed by atoms with Crippen LogP contribution < -0.4 is 5.73 Å². The largest absolute Gasteiger partial charge is 0.387 e. The monoisotopic (exact) mass is 211 g/mol. The van der Waals surface area contributed by atoms with Gasteiger partial charge in [0.2, 0.25) is 0 Å². The SMILES string of the molecule is CCCn1cc(C(O)CN)c(C(C)C)n1. The molecule has 4 heteroatoms. The summed E-state index contributed by atoms with van der Waals surface area (Å²) in [6.07, 6.45) is 2.36. The van der Waals surface area contributed by atoms with Crippen LogP contribution in [0, 0.1) is 0 Å². The van der Waals surface area contributed by atoms with Gasteiger partial charge in [0, 0.05) is 24.8 Å². The molecule has 0 aromatic carbocycles. The van der Waals surface area contributed by atoms with Crippen LogP contribution in [0.5, 0.6) is 0 Å². The Morgan fingerprint density at radius 2 is 2.20 bits per heavy atom. The third-order valence-electron chi connectivity index (χ3n) is 2.40. The molecule has 0 aliphatic carbocycles. The van der Waals surface area contributed by atoms with Gasteiger partial charge in [-0.3, -0.25) is 4.68 Å². The normalized spacial score (nSPS) is 13.5. The molecule has 1 aromatic rings. The van der Waals surface area contributed by atoms with Crippen LogP contribution in [0.2, 0.25) is 0 Å². The predicted octanol–water partition coefficient (Wildman–Crippen LogP) is 1.41. The van der Waals surface area contributed by atoms with E-state index in [9.17, 15) is 5.11 Å². The van der Waals surface area contributed by atoms with Gasteiger partial charge in [-0.25, -0.2) is 0 Å². The zero-order valence-electron chi connectivity index (χ0n) is 9.77. The number of aliphatic hydroxyl groups excluding tert-OH is 1. The number of aryl methyl sites for hydroxylation is 1. The van der Waals surface area contributed by atoms with Gasteiger partial charge in [-0.15, -0.1) is 0 Å². The Balaban J connectivity index is 3.00. The van der Waals surface area contributed by atoms with Gasteiger partial charge in [0.25, 0.3) is 0 Å². The Labute approximate surface area is 91.1 Å². The third kappa shape index (κ3) is 2.79. The fourth-order valence-corrected chi connectivity index (χ4v) is 1.63. The van der Waals surface area contributed by atoms with Crippen molar-refractivity contribution >= 4 is 0 Å². The third-order valence-corrected chi connectivity index (χ3v) is 2.40. The summed E-state index contributed by atoms with van der Waals surface area (Å²) in [6.45, 7) is 7.39. The van der Waals surface area contributed by atoms with E-state index in [1.54, 1.807) is 0 Å². The van der Waals surface area contributed by atoms with Crippen LogP contribution in [0.15, 0.2) is 6.20 Å². The summed E-state index contributed by atoms with van der Waals surface area (Å²) in [5.41, 5.74) is 7.30. The first kappa shape index (κ1) is 12.2. The molecule has 1 aromatic heterocycles. The van der Waals surface area contributed by atoms with Gasteiger partial charge in [-0.1, -0.05) is 20.8 Å². The minimum Gasteiger partial charge on any atom is -0.387 e. The molecule has 0 aliphatic rings. The van der Waals surface area contributed by atoms with E-state index in [2.05, 4.69) is 25.9 Å². The molecule has 0 amide bonds. The second-order valence-corrected chi connectivity index (χ2v) is 4.14. The maximum absolute atomic E-state index is 9.76. The predicted molar refractivity (Wildman–Crippen MR) is 60.6 cm³/mol. The molecule has 0 radical (unpaired) electrons. The Kier molecular flexibility index (Phi) is 4.29. The van der Waals surface area contributed by atoms with Crippen molar-refractivity contribution in [1.29, 1.82) is 0 Å². The average molecular weight is 211 g/mol. The maximum atomic E-state index is 9.76. The molecule has 0 saturated carbocycles. The van der Waals surface area contributed by atoms with E-state index >= 15 is 0 Å². The van der Waals surface area contributed by atoms with Crippen molar-refractivity contribution in [2.24, 2.45) is 5.73 Å². The number of aliphatic hydroxyl groups is 1. The summed E-state index contributed by atoms with van der Waals surface area (Å²) in [6, 6.07) is 0. The molecule has 3 N–H and O–H groups in total. The van der Waals surface area contributed by atoms with Crippen molar-refractivity contribution in [2.45, 2.75) is 45.8 Å². The quantitative estimate of drug-likeness (QED) is 0.774. The number of hydrogen-bond donors (Lipinski definition) is 2. The lowest BCUT2D eigenvalue weighted by atomic mass is 10.0. The molecule has 1 atom stereocenters. The highest BCUT2D eigenvalue weighted by Crippen LogP contribution is 2.23. The molecular weight excluding hydrogens is 190 g/mol. The van der Waals surface area contributed by atoms with E-state index in [0.29, 0.717) is 5.92 Å². The highest BCUT2D eigenvalue weighted by atomic mass is 16.3. The average Bonchev–Trinajstić information content (AvgIpc) is 2.61. The van der Waals surface area contributed by atoms with E-state index in [0.717, 1.165) is 24.2 Å². The number of nitrogens with zero attached hydrogens (tertiary/aromatic N) is 2. The topological polar surface area (TPSA) is 64.1 Å². The summed E-state index contributed by atoms with van der Waals surface area (Å²) in [5, 5.41) is 14.2. The molecule has 0 saturated heterocycles. The highest BCUT2D eigenvalue weighted by molar-refractivity contribution is 5.23. The maximum Gasteiger partial charge on any atom is 0.0945 e. The van der Waals surface area contributed by atoms with Crippen molar-refractivity contribution in [3.63, 3.8) is 0 Å². The van der Waals surface area contributed by atoms with Gasteiger partial charge in [0.05, 0.1) is 11.8 Å². The summed E-state index contributed by atoms with van der Waals surface area (Å²) >= 11 is 0. The van der Waals surface area contributed by atoms with Crippen LogP contribution in [0.3, 0.4) is 0 Å². The Morgan fingerprint density at radius 1 is 1.53 bits per heavy atom. The second-order valence-electron chi connectivity index (χ2n) is 4.14. The van der Waals surface area contributed by atoms with Crippen LogP contribution >= 0.6 is 0 Å². The van der Waals surface area contributed by atoms with Gasteiger partial charge in [0.1, 0.15) is 0 Å². The summed E-state index contributed by atoms with van der Waals surface area (Å²) < 4.78 is 1.89. The fraction of sp³-hybridized carbons (Fsp3) is 0.727. The first-order valence-corrected chi connectivity index (χ1v) is 5.55. The lowest BCUT2D eigenvalue weighted by Gasteiger charge is -2.09. The minimum atomic E-state index is -0.590. The van der Waals surface area contributed by atoms with Crippen molar-refractivity contribution in [3.05, 3.63) is 17.5 Å². The zero-order valence-corrected chi connectivity index (χ0v) is 9.77. The number of hydrogen-bond acceptors (Lipinski definition) is 3. The van der Waals surface area contributed by atoms with E-state index in [1.165, 1.54) is 0 Å². The molecule has 1 unspecified atom stereocenters. The minimum absolute atomic E-state index is 0.248. The van der Waals surface area contributed by atoms with Crippen LogP contribution in [0.1, 0.15) is 50.5 Å². The second kappa shape index (κ2) is 5.28. The van der Waals surface area contributed by atoms with E-state index in [1.807, 2.05) is 10.9 Å². The Hall–Kier alpha value is -0.870. The van der Waals surface area contributed by atoms with Crippen LogP contribution in [0.25, 0.3) is 0 Å². The van der Waals surface area contributed by atoms with Gasteiger partial charge in [0.15, 0.2) is 0 Å². The number of rotatable bonds is 5. The van der Waals surface area contributed by atoms with Crippen LogP contribution in [0.4, 0.5) is 0 Å². The molecule has 4 nitrogen and oxygen atoms in total. The molecule has 0 spiro atoms. The van der Waals surface area contributed by atoms with Crippen molar-refractivity contribution in [1.82, 2.24) is 9.78 Å². The van der Waals surface area contributed by atoms with Crippen molar-refractivity contribution in [3.8, 4) is 0 Å². The summed E-state index contributed by atoms with van der Waals surface area (Å²) in [4.78, 5) is 0. The first-order chi connectivity index (χ1) is 7.10. The van der Waals surface area contributed by atoms with Crippen molar-refractivity contribution in [2.75, 3.05) is 6.54 Å². The van der Waals surface area contributed by atoms with Gasteiger partial charge < -0.3 is 10.8 Å². The van der Waals surface area contributed by atoms with Gasteiger partial charge in [-0.05, 0) is 12.3 Å². The standard InChI is InChI=1S/C11H21N3O/c1-4-5-14-7-9(10(15)6-12)11(13-14)8(2)3/h7-8,10,15H,4-6,12H2,1-3H3. The molecule has 1 heterocycles. The zero-order chi connectivity index (χ0) is 11.4. The smallest absolute Gasteiger partial charge is 0.0945 e. The number of aromatic nitrogens is 2. The molecular formula is C11H21N3O. The molecule has 1 rings (SSSR count). The number of nitrogens with two attached hydrogens (primary N) is 1. The van der Waals surface area contributed by atoms with E-state index in [-0.39, 0.29) is 6.54 Å². The van der Waals surface area contributed by atoms with E-state index in [4.69, 9.17) is 5.73 Å². The Morgan fingerprint density at radius 3 is 2.67 bits per heavy atom. The lowest BCUT2D eigenvalue weighted by molar-refractivity contribution is 0.185. The van der Waals surface area contributed by atoms with Crippen LogP contribution in [-0.2, 0) is 6.54 Å². The molecule has 0 aliphatic heterocycles. The van der Waals surface area contributed by atoms with Gasteiger partial charge in [-0.2, -0.15) is 5.10 Å². The molecule has 0 fully saturated rings. The van der Waals surface area contributed by atoms with Gasteiger partial charge >= 0.3 is 0 Å². The fourth-order valence-electron chi connectivity index (χ4n) is 1.63. The van der Waals surface area contributed by atoms with Crippen LogP contribution in [-0.4, -0.2) is 21.4 Å². The molecule has 86 valence electrons.